The Morgan fingerprint density at radius 3 is 3.06 bits per heavy atom. The predicted molar refractivity (Wildman–Crippen MR) is 80.5 cm³/mol. The number of benzene rings is 1. The van der Waals surface area contributed by atoms with Gasteiger partial charge < -0.3 is 5.32 Å². The highest BCUT2D eigenvalue weighted by Gasteiger charge is 2.23. The highest BCUT2D eigenvalue weighted by molar-refractivity contribution is 9.10. The molecule has 0 bridgehead atoms. The minimum absolute atomic E-state index is 0.166. The fraction of sp³-hybridized carbons (Fsp3) is 0.571. The minimum Gasteiger partial charge on any atom is -0.310 e. The van der Waals surface area contributed by atoms with E-state index in [0.29, 0.717) is 6.04 Å². The average Bonchev–Trinajstić information content (AvgIpc) is 2.79. The monoisotopic (exact) mass is 331 g/mol. The first-order valence-corrected chi connectivity index (χ1v) is 8.32. The maximum atomic E-state index is 13.2. The lowest BCUT2D eigenvalue weighted by atomic mass is 10.2. The number of thioether (sulfide) groups is 1. The molecule has 0 aromatic heterocycles. The molecule has 0 amide bonds. The Morgan fingerprint density at radius 2 is 2.28 bits per heavy atom. The Labute approximate surface area is 121 Å². The third-order valence-electron chi connectivity index (χ3n) is 3.38. The third kappa shape index (κ3) is 3.97. The van der Waals surface area contributed by atoms with E-state index in [1.165, 1.54) is 31.1 Å². The summed E-state index contributed by atoms with van der Waals surface area (Å²) in [5.74, 6) is 1.04. The van der Waals surface area contributed by atoms with Gasteiger partial charge in [-0.05, 0) is 48.8 Å². The second kappa shape index (κ2) is 6.92. The van der Waals surface area contributed by atoms with Crippen LogP contribution in [0.25, 0.3) is 0 Å². The molecule has 2 unspecified atom stereocenters. The molecular weight excluding hydrogens is 313 g/mol. The SMILES string of the molecule is CCSC1CCC(NCc2cc(F)ccc2Br)C1. The van der Waals surface area contributed by atoms with Crippen LogP contribution in [0.4, 0.5) is 4.39 Å². The predicted octanol–water partition coefficient (Wildman–Crippen LogP) is 4.35. The van der Waals surface area contributed by atoms with Crippen LogP contribution in [0, 0.1) is 5.82 Å². The smallest absolute Gasteiger partial charge is 0.123 e. The van der Waals surface area contributed by atoms with Gasteiger partial charge in [0.2, 0.25) is 0 Å². The Balaban J connectivity index is 1.83. The molecule has 1 saturated carbocycles. The van der Waals surface area contributed by atoms with Gasteiger partial charge in [0.25, 0.3) is 0 Å². The van der Waals surface area contributed by atoms with Crippen molar-refractivity contribution in [2.24, 2.45) is 0 Å². The second-order valence-electron chi connectivity index (χ2n) is 4.70. The molecule has 4 heteroatoms. The van der Waals surface area contributed by atoms with Crippen molar-refractivity contribution in [3.05, 3.63) is 34.1 Å². The third-order valence-corrected chi connectivity index (χ3v) is 5.38. The topological polar surface area (TPSA) is 12.0 Å². The van der Waals surface area contributed by atoms with Crippen LogP contribution in [0.5, 0.6) is 0 Å². The molecule has 100 valence electrons. The van der Waals surface area contributed by atoms with Crippen molar-refractivity contribution < 1.29 is 4.39 Å². The molecular formula is C14H19BrFNS. The number of rotatable bonds is 5. The highest BCUT2D eigenvalue weighted by atomic mass is 79.9. The first-order chi connectivity index (χ1) is 8.69. The van der Waals surface area contributed by atoms with E-state index >= 15 is 0 Å². The van der Waals surface area contributed by atoms with E-state index in [1.54, 1.807) is 12.1 Å². The maximum absolute atomic E-state index is 13.2. The zero-order chi connectivity index (χ0) is 13.0. The van der Waals surface area contributed by atoms with E-state index in [0.717, 1.165) is 21.8 Å². The molecule has 1 fully saturated rings. The van der Waals surface area contributed by atoms with Crippen molar-refractivity contribution in [2.75, 3.05) is 5.75 Å². The van der Waals surface area contributed by atoms with E-state index in [-0.39, 0.29) is 5.82 Å². The summed E-state index contributed by atoms with van der Waals surface area (Å²) in [4.78, 5) is 0. The molecule has 0 saturated heterocycles. The summed E-state index contributed by atoms with van der Waals surface area (Å²) < 4.78 is 14.1. The van der Waals surface area contributed by atoms with Crippen LogP contribution in [0.15, 0.2) is 22.7 Å². The Morgan fingerprint density at radius 1 is 1.44 bits per heavy atom. The van der Waals surface area contributed by atoms with Gasteiger partial charge in [-0.3, -0.25) is 0 Å². The fourth-order valence-corrected chi connectivity index (χ4v) is 3.98. The molecule has 0 radical (unpaired) electrons. The van der Waals surface area contributed by atoms with Gasteiger partial charge >= 0.3 is 0 Å². The van der Waals surface area contributed by atoms with E-state index in [4.69, 9.17) is 0 Å². The molecule has 18 heavy (non-hydrogen) atoms. The van der Waals surface area contributed by atoms with Crippen molar-refractivity contribution in [1.82, 2.24) is 5.32 Å². The van der Waals surface area contributed by atoms with Crippen LogP contribution in [-0.2, 0) is 6.54 Å². The number of halogens is 2. The van der Waals surface area contributed by atoms with E-state index in [1.807, 2.05) is 0 Å². The quantitative estimate of drug-likeness (QED) is 0.860. The summed E-state index contributed by atoms with van der Waals surface area (Å²) in [7, 11) is 0. The number of hydrogen-bond acceptors (Lipinski definition) is 2. The molecule has 2 atom stereocenters. The normalized spacial score (nSPS) is 23.5. The van der Waals surface area contributed by atoms with E-state index < -0.39 is 0 Å². The molecule has 1 N–H and O–H groups in total. The lowest BCUT2D eigenvalue weighted by Crippen LogP contribution is -2.26. The minimum atomic E-state index is -0.166. The van der Waals surface area contributed by atoms with Gasteiger partial charge in [0.15, 0.2) is 0 Å². The summed E-state index contributed by atoms with van der Waals surface area (Å²) in [6, 6.07) is 5.45. The molecule has 0 aliphatic heterocycles. The summed E-state index contributed by atoms with van der Waals surface area (Å²) >= 11 is 5.53. The molecule has 0 spiro atoms. The summed E-state index contributed by atoms with van der Waals surface area (Å²) in [5.41, 5.74) is 1.00. The zero-order valence-electron chi connectivity index (χ0n) is 10.6. The molecule has 0 heterocycles. The average molecular weight is 332 g/mol. The highest BCUT2D eigenvalue weighted by Crippen LogP contribution is 2.30. The molecule has 1 aromatic rings. The first kappa shape index (κ1) is 14.4. The molecule has 1 aromatic carbocycles. The molecule has 1 aliphatic carbocycles. The maximum Gasteiger partial charge on any atom is 0.123 e. The van der Waals surface area contributed by atoms with Crippen LogP contribution in [0.3, 0.4) is 0 Å². The van der Waals surface area contributed by atoms with Crippen molar-refractivity contribution in [2.45, 2.75) is 44.0 Å². The van der Waals surface area contributed by atoms with Crippen molar-refractivity contribution >= 4 is 27.7 Å². The van der Waals surface area contributed by atoms with Crippen molar-refractivity contribution in [1.29, 1.82) is 0 Å². The number of hydrogen-bond donors (Lipinski definition) is 1. The van der Waals surface area contributed by atoms with Gasteiger partial charge in [-0.25, -0.2) is 4.39 Å². The van der Waals surface area contributed by atoms with Crippen LogP contribution in [0.2, 0.25) is 0 Å². The standard InChI is InChI=1S/C14H19BrFNS/c1-2-18-13-5-4-12(8-13)17-9-10-7-11(16)3-6-14(10)15/h3,6-7,12-13,17H,2,4-5,8-9H2,1H3. The van der Waals surface area contributed by atoms with Crippen LogP contribution in [0.1, 0.15) is 31.7 Å². The summed E-state index contributed by atoms with van der Waals surface area (Å²) in [6.07, 6.45) is 3.79. The van der Waals surface area contributed by atoms with Gasteiger partial charge in [-0.15, -0.1) is 0 Å². The van der Waals surface area contributed by atoms with Crippen LogP contribution < -0.4 is 5.32 Å². The zero-order valence-corrected chi connectivity index (χ0v) is 13.0. The fourth-order valence-electron chi connectivity index (χ4n) is 2.45. The van der Waals surface area contributed by atoms with Gasteiger partial charge in [0, 0.05) is 22.3 Å². The van der Waals surface area contributed by atoms with E-state index in [2.05, 4.69) is 39.9 Å². The van der Waals surface area contributed by atoms with E-state index in [9.17, 15) is 4.39 Å². The Hall–Kier alpha value is -0.0600. The van der Waals surface area contributed by atoms with Crippen molar-refractivity contribution in [3.63, 3.8) is 0 Å². The Bertz CT molecular complexity index is 399. The van der Waals surface area contributed by atoms with Crippen LogP contribution in [-0.4, -0.2) is 17.0 Å². The van der Waals surface area contributed by atoms with Gasteiger partial charge in [-0.2, -0.15) is 11.8 Å². The summed E-state index contributed by atoms with van der Waals surface area (Å²) in [5, 5.41) is 4.35. The second-order valence-corrected chi connectivity index (χ2v) is 7.14. The molecule has 1 nitrogen and oxygen atoms in total. The largest absolute Gasteiger partial charge is 0.310 e. The van der Waals surface area contributed by atoms with Gasteiger partial charge in [0.05, 0.1) is 0 Å². The number of nitrogens with one attached hydrogen (secondary N) is 1. The summed E-state index contributed by atoms with van der Waals surface area (Å²) in [6.45, 7) is 2.96. The van der Waals surface area contributed by atoms with Crippen LogP contribution >= 0.6 is 27.7 Å². The molecule has 1 aliphatic rings. The lowest BCUT2D eigenvalue weighted by molar-refractivity contribution is 0.522. The lowest BCUT2D eigenvalue weighted by Gasteiger charge is -2.14. The molecule has 2 rings (SSSR count). The van der Waals surface area contributed by atoms with Crippen molar-refractivity contribution in [3.8, 4) is 0 Å². The van der Waals surface area contributed by atoms with Gasteiger partial charge in [0.1, 0.15) is 5.82 Å². The first-order valence-electron chi connectivity index (χ1n) is 6.48. The Kier molecular flexibility index (Phi) is 5.52. The van der Waals surface area contributed by atoms with Gasteiger partial charge in [-0.1, -0.05) is 22.9 Å².